The molecular formula is C12H15ClN4O2S. The Morgan fingerprint density at radius 3 is 2.70 bits per heavy atom. The van der Waals surface area contributed by atoms with Crippen LogP contribution < -0.4 is 5.73 Å². The summed E-state index contributed by atoms with van der Waals surface area (Å²) in [4.78, 5) is 0.0414. The summed E-state index contributed by atoms with van der Waals surface area (Å²) in [7, 11) is -0.399. The molecule has 8 heteroatoms. The Bertz CT molecular complexity index is 727. The lowest BCUT2D eigenvalue weighted by Crippen LogP contribution is -2.26. The van der Waals surface area contributed by atoms with Gasteiger partial charge in [0, 0.05) is 38.1 Å². The van der Waals surface area contributed by atoms with Crippen molar-refractivity contribution in [3.63, 3.8) is 0 Å². The van der Waals surface area contributed by atoms with Gasteiger partial charge in [-0.2, -0.15) is 9.40 Å². The number of aryl methyl sites for hydroxylation is 1. The summed E-state index contributed by atoms with van der Waals surface area (Å²) in [6, 6.07) is 4.34. The van der Waals surface area contributed by atoms with Crippen molar-refractivity contribution in [3.8, 4) is 0 Å². The minimum absolute atomic E-state index is 0.0414. The van der Waals surface area contributed by atoms with Crippen LogP contribution in [0.3, 0.4) is 0 Å². The van der Waals surface area contributed by atoms with Gasteiger partial charge >= 0.3 is 0 Å². The molecule has 0 aliphatic rings. The van der Waals surface area contributed by atoms with Gasteiger partial charge in [0.25, 0.3) is 0 Å². The van der Waals surface area contributed by atoms with Crippen molar-refractivity contribution < 1.29 is 8.42 Å². The summed E-state index contributed by atoms with van der Waals surface area (Å²) >= 11 is 5.96. The molecule has 2 N–H and O–H groups in total. The molecule has 0 radical (unpaired) electrons. The van der Waals surface area contributed by atoms with Gasteiger partial charge in [0.05, 0.1) is 11.2 Å². The number of nitrogen functional groups attached to an aromatic ring is 1. The van der Waals surface area contributed by atoms with Crippen LogP contribution in [0, 0.1) is 0 Å². The van der Waals surface area contributed by atoms with E-state index in [0.717, 1.165) is 5.56 Å². The first-order chi connectivity index (χ1) is 9.30. The molecule has 0 fully saturated rings. The van der Waals surface area contributed by atoms with Crippen LogP contribution in [0.4, 0.5) is 5.69 Å². The number of halogens is 1. The Morgan fingerprint density at radius 1 is 1.45 bits per heavy atom. The number of nitrogens with zero attached hydrogens (tertiary/aromatic N) is 3. The minimum atomic E-state index is -3.67. The predicted molar refractivity (Wildman–Crippen MR) is 77.7 cm³/mol. The minimum Gasteiger partial charge on any atom is -0.399 e. The lowest BCUT2D eigenvalue weighted by molar-refractivity contribution is 0.466. The highest BCUT2D eigenvalue weighted by Crippen LogP contribution is 2.26. The summed E-state index contributed by atoms with van der Waals surface area (Å²) in [6.07, 6.45) is 3.38. The van der Waals surface area contributed by atoms with E-state index in [1.54, 1.807) is 24.1 Å². The van der Waals surface area contributed by atoms with Crippen molar-refractivity contribution >= 4 is 27.3 Å². The summed E-state index contributed by atoms with van der Waals surface area (Å²) < 4.78 is 27.7. The highest BCUT2D eigenvalue weighted by molar-refractivity contribution is 7.89. The maximum atomic E-state index is 12.4. The lowest BCUT2D eigenvalue weighted by atomic mass is 10.3. The molecule has 0 atom stereocenters. The predicted octanol–water partition coefficient (Wildman–Crippen LogP) is 1.48. The van der Waals surface area contributed by atoms with E-state index in [1.807, 2.05) is 0 Å². The van der Waals surface area contributed by atoms with Crippen LogP contribution in [0.5, 0.6) is 0 Å². The highest BCUT2D eigenvalue weighted by atomic mass is 35.5. The average molecular weight is 315 g/mol. The molecule has 0 spiro atoms. The van der Waals surface area contributed by atoms with E-state index in [0.29, 0.717) is 5.69 Å². The van der Waals surface area contributed by atoms with Crippen LogP contribution in [-0.2, 0) is 23.6 Å². The number of aromatic nitrogens is 2. The van der Waals surface area contributed by atoms with Crippen molar-refractivity contribution in [1.29, 1.82) is 0 Å². The Kier molecular flexibility index (Phi) is 4.03. The normalized spacial score (nSPS) is 12.0. The molecule has 1 aromatic carbocycles. The number of nitrogens with two attached hydrogens (primary N) is 1. The van der Waals surface area contributed by atoms with Crippen LogP contribution in [0.1, 0.15) is 5.56 Å². The van der Waals surface area contributed by atoms with Crippen LogP contribution in [-0.4, -0.2) is 29.6 Å². The second kappa shape index (κ2) is 5.43. The third-order valence-electron chi connectivity index (χ3n) is 2.81. The topological polar surface area (TPSA) is 81.2 Å². The lowest BCUT2D eigenvalue weighted by Gasteiger charge is -2.17. The van der Waals surface area contributed by atoms with E-state index in [1.165, 1.54) is 29.6 Å². The molecule has 1 aromatic heterocycles. The smallest absolute Gasteiger partial charge is 0.244 e. The quantitative estimate of drug-likeness (QED) is 0.867. The summed E-state index contributed by atoms with van der Waals surface area (Å²) in [5.74, 6) is 0. The van der Waals surface area contributed by atoms with Crippen molar-refractivity contribution in [2.45, 2.75) is 11.4 Å². The number of benzene rings is 1. The highest BCUT2D eigenvalue weighted by Gasteiger charge is 2.24. The largest absolute Gasteiger partial charge is 0.399 e. The Balaban J connectivity index is 2.29. The molecule has 0 unspecified atom stereocenters. The van der Waals surface area contributed by atoms with E-state index in [9.17, 15) is 8.42 Å². The summed E-state index contributed by atoms with van der Waals surface area (Å²) in [5, 5.41) is 4.12. The monoisotopic (exact) mass is 314 g/mol. The van der Waals surface area contributed by atoms with Crippen LogP contribution in [0.2, 0.25) is 5.02 Å². The van der Waals surface area contributed by atoms with E-state index in [4.69, 9.17) is 17.3 Å². The number of hydrogen-bond acceptors (Lipinski definition) is 4. The molecule has 2 rings (SSSR count). The SMILES string of the molecule is CN(Cc1cnn(C)c1)S(=O)(=O)c1ccc(N)cc1Cl. The van der Waals surface area contributed by atoms with Crippen molar-refractivity contribution in [1.82, 2.24) is 14.1 Å². The average Bonchev–Trinajstić information content (AvgIpc) is 2.74. The molecule has 0 aliphatic carbocycles. The zero-order chi connectivity index (χ0) is 14.9. The van der Waals surface area contributed by atoms with E-state index in [2.05, 4.69) is 5.10 Å². The number of anilines is 1. The fraction of sp³-hybridized carbons (Fsp3) is 0.250. The molecule has 0 saturated carbocycles. The van der Waals surface area contributed by atoms with Crippen molar-refractivity contribution in [3.05, 3.63) is 41.2 Å². The van der Waals surface area contributed by atoms with Gasteiger partial charge in [-0.25, -0.2) is 8.42 Å². The third kappa shape index (κ3) is 2.95. The van der Waals surface area contributed by atoms with E-state index >= 15 is 0 Å². The molecule has 0 saturated heterocycles. The number of rotatable bonds is 4. The van der Waals surface area contributed by atoms with Gasteiger partial charge in [0.1, 0.15) is 4.90 Å². The summed E-state index contributed by atoms with van der Waals surface area (Å²) in [5.41, 5.74) is 6.79. The first kappa shape index (κ1) is 14.8. The van der Waals surface area contributed by atoms with Gasteiger partial charge < -0.3 is 5.73 Å². The van der Waals surface area contributed by atoms with Gasteiger partial charge in [-0.3, -0.25) is 4.68 Å². The van der Waals surface area contributed by atoms with Gasteiger partial charge in [0.15, 0.2) is 0 Å². The molecule has 0 aliphatic heterocycles. The van der Waals surface area contributed by atoms with Gasteiger partial charge in [-0.05, 0) is 18.2 Å². The zero-order valence-corrected chi connectivity index (χ0v) is 12.7. The second-order valence-corrected chi connectivity index (χ2v) is 6.89. The standard InChI is InChI=1S/C12H15ClN4O2S/c1-16-7-9(6-15-16)8-17(2)20(18,19)12-4-3-10(14)5-11(12)13/h3-7H,8,14H2,1-2H3. The molecule has 2 aromatic rings. The van der Waals surface area contributed by atoms with Crippen LogP contribution in [0.25, 0.3) is 0 Å². The summed E-state index contributed by atoms with van der Waals surface area (Å²) in [6.45, 7) is 0.219. The molecule has 108 valence electrons. The second-order valence-electron chi connectivity index (χ2n) is 4.47. The zero-order valence-electron chi connectivity index (χ0n) is 11.1. The molecule has 20 heavy (non-hydrogen) atoms. The van der Waals surface area contributed by atoms with E-state index in [-0.39, 0.29) is 16.5 Å². The molecule has 0 amide bonds. The number of sulfonamides is 1. The third-order valence-corrected chi connectivity index (χ3v) is 5.09. The molecule has 1 heterocycles. The van der Waals surface area contributed by atoms with Crippen molar-refractivity contribution in [2.75, 3.05) is 12.8 Å². The first-order valence-corrected chi connectivity index (χ1v) is 7.61. The number of hydrogen-bond donors (Lipinski definition) is 1. The fourth-order valence-electron chi connectivity index (χ4n) is 1.79. The molecule has 0 bridgehead atoms. The Labute approximate surface area is 122 Å². The first-order valence-electron chi connectivity index (χ1n) is 5.79. The molecular weight excluding hydrogens is 300 g/mol. The van der Waals surface area contributed by atoms with Crippen LogP contribution in [0.15, 0.2) is 35.5 Å². The van der Waals surface area contributed by atoms with E-state index < -0.39 is 10.0 Å². The molecule has 6 nitrogen and oxygen atoms in total. The van der Waals surface area contributed by atoms with Gasteiger partial charge in [-0.15, -0.1) is 0 Å². The van der Waals surface area contributed by atoms with Gasteiger partial charge in [0.2, 0.25) is 10.0 Å². The van der Waals surface area contributed by atoms with Crippen molar-refractivity contribution in [2.24, 2.45) is 7.05 Å². The van der Waals surface area contributed by atoms with Gasteiger partial charge in [-0.1, -0.05) is 11.6 Å². The Morgan fingerprint density at radius 2 is 2.15 bits per heavy atom. The Hall–Kier alpha value is -1.57. The van der Waals surface area contributed by atoms with Crippen LogP contribution >= 0.6 is 11.6 Å². The fourth-order valence-corrected chi connectivity index (χ4v) is 3.47. The maximum Gasteiger partial charge on any atom is 0.244 e. The maximum absolute atomic E-state index is 12.4.